The number of carbonyl (C=O) groups is 3. The Morgan fingerprint density at radius 3 is 2.36 bits per heavy atom. The minimum absolute atomic E-state index is 0.0954. The zero-order valence-corrected chi connectivity index (χ0v) is 22.0. The molecule has 3 amide bonds. The zero-order chi connectivity index (χ0) is 27.4. The molecule has 1 radical (unpaired) electrons. The highest BCUT2D eigenvalue weighted by Gasteiger charge is 2.36. The van der Waals surface area contributed by atoms with Gasteiger partial charge in [0.2, 0.25) is 0 Å². The van der Waals surface area contributed by atoms with Gasteiger partial charge in [-0.1, -0.05) is 61.5 Å². The second kappa shape index (κ2) is 11.4. The third-order valence-electron chi connectivity index (χ3n) is 6.64. The lowest BCUT2D eigenvalue weighted by atomic mass is 10.0. The van der Waals surface area contributed by atoms with Crippen molar-refractivity contribution in [2.45, 2.75) is 25.8 Å². The van der Waals surface area contributed by atoms with Gasteiger partial charge in [0.05, 0.1) is 17.2 Å². The Hall–Kier alpha value is -4.63. The molecular weight excluding hydrogens is 510 g/mol. The summed E-state index contributed by atoms with van der Waals surface area (Å²) in [5, 5.41) is 4.94. The number of carbonyl (C=O) groups excluding carboxylic acids is 3. The van der Waals surface area contributed by atoms with Gasteiger partial charge in [0.25, 0.3) is 17.7 Å². The van der Waals surface area contributed by atoms with Gasteiger partial charge in [0.15, 0.2) is 5.11 Å². The summed E-state index contributed by atoms with van der Waals surface area (Å²) in [4.78, 5) is 44.5. The van der Waals surface area contributed by atoms with Crippen LogP contribution in [-0.2, 0) is 12.8 Å². The summed E-state index contributed by atoms with van der Waals surface area (Å²) >= 11 is 5.47. The molecular formula is C30H26N5O3S. The predicted molar refractivity (Wildman–Crippen MR) is 152 cm³/mol. The van der Waals surface area contributed by atoms with Gasteiger partial charge in [0, 0.05) is 18.1 Å². The van der Waals surface area contributed by atoms with Crippen LogP contribution >= 0.6 is 12.2 Å². The standard InChI is InChI=1S/C30H26N5O3S/c1-2-20-17-31-26(23-13-7-6-12-22(20)23)27(36)33-34-30(39)32-21(16-19-10-4-3-5-11-19)18-35-28(37)24-14-8-9-15-25(24)29(35)38/h3-5,7-15,17,21H,2,16,18H2,1H3,(H,33,36)(H2,32,34,39)/t21-/m1/s1. The number of benzene rings is 3. The van der Waals surface area contributed by atoms with E-state index in [1.807, 2.05) is 49.4 Å². The van der Waals surface area contributed by atoms with Crippen LogP contribution in [0, 0.1) is 6.07 Å². The molecule has 3 aromatic carbocycles. The fourth-order valence-electron chi connectivity index (χ4n) is 4.73. The van der Waals surface area contributed by atoms with Crippen molar-refractivity contribution < 1.29 is 14.4 Å². The Kier molecular flexibility index (Phi) is 7.60. The summed E-state index contributed by atoms with van der Waals surface area (Å²) in [6.45, 7) is 2.13. The highest BCUT2D eigenvalue weighted by atomic mass is 32.1. The number of nitrogens with one attached hydrogen (secondary N) is 3. The summed E-state index contributed by atoms with van der Waals surface area (Å²) in [7, 11) is 0. The first-order chi connectivity index (χ1) is 19.0. The Labute approximate surface area is 231 Å². The van der Waals surface area contributed by atoms with E-state index >= 15 is 0 Å². The smallest absolute Gasteiger partial charge is 0.288 e. The van der Waals surface area contributed by atoms with Crippen LogP contribution in [0.2, 0.25) is 0 Å². The quantitative estimate of drug-likeness (QED) is 0.188. The molecule has 9 heteroatoms. The highest BCUT2D eigenvalue weighted by Crippen LogP contribution is 2.23. The van der Waals surface area contributed by atoms with Gasteiger partial charge in [-0.05, 0) is 65.8 Å². The zero-order valence-electron chi connectivity index (χ0n) is 21.2. The van der Waals surface area contributed by atoms with E-state index < -0.39 is 11.9 Å². The molecule has 0 unspecified atom stereocenters. The Morgan fingerprint density at radius 2 is 1.67 bits per heavy atom. The van der Waals surface area contributed by atoms with Gasteiger partial charge < -0.3 is 5.32 Å². The summed E-state index contributed by atoms with van der Waals surface area (Å²) in [6.07, 6.45) is 2.97. The number of hydrogen-bond donors (Lipinski definition) is 3. The lowest BCUT2D eigenvalue weighted by Gasteiger charge is -2.25. The lowest BCUT2D eigenvalue weighted by Crippen LogP contribution is -2.53. The van der Waals surface area contributed by atoms with Crippen LogP contribution in [0.15, 0.2) is 79.0 Å². The number of hydrogen-bond acceptors (Lipinski definition) is 5. The molecule has 1 aliphatic rings. The fourth-order valence-corrected chi connectivity index (χ4v) is 4.94. The molecule has 0 aliphatic carbocycles. The Morgan fingerprint density at radius 1 is 0.974 bits per heavy atom. The average molecular weight is 537 g/mol. The van der Waals surface area contributed by atoms with E-state index in [-0.39, 0.29) is 29.2 Å². The topological polar surface area (TPSA) is 103 Å². The minimum Gasteiger partial charge on any atom is -0.356 e. The van der Waals surface area contributed by atoms with Crippen molar-refractivity contribution in [3.8, 4) is 0 Å². The molecule has 2 heterocycles. The van der Waals surface area contributed by atoms with E-state index in [4.69, 9.17) is 12.2 Å². The van der Waals surface area contributed by atoms with E-state index in [9.17, 15) is 14.4 Å². The SMILES string of the molecule is CCc1cnc(C(=O)NNC(=S)N[C@H](Cc2ccccc2)CN2C(=O)c3ccccc3C2=O)c2cc[c]cc12. The molecule has 39 heavy (non-hydrogen) atoms. The molecule has 5 rings (SSSR count). The second-order valence-electron chi connectivity index (χ2n) is 9.16. The Bertz CT molecular complexity index is 1540. The van der Waals surface area contributed by atoms with Gasteiger partial charge >= 0.3 is 0 Å². The number of rotatable bonds is 7. The monoisotopic (exact) mass is 536 g/mol. The molecule has 0 saturated carbocycles. The first-order valence-electron chi connectivity index (χ1n) is 12.6. The minimum atomic E-state index is -0.446. The molecule has 1 aliphatic heterocycles. The van der Waals surface area contributed by atoms with E-state index in [1.54, 1.807) is 36.5 Å². The van der Waals surface area contributed by atoms with E-state index in [2.05, 4.69) is 27.2 Å². The molecule has 4 aromatic rings. The predicted octanol–water partition coefficient (Wildman–Crippen LogP) is 3.61. The lowest BCUT2D eigenvalue weighted by molar-refractivity contribution is 0.0641. The summed E-state index contributed by atoms with van der Waals surface area (Å²) in [5.74, 6) is -1.13. The Balaban J connectivity index is 1.28. The van der Waals surface area contributed by atoms with Crippen LogP contribution in [0.25, 0.3) is 10.8 Å². The van der Waals surface area contributed by atoms with Gasteiger partial charge in [-0.2, -0.15) is 0 Å². The maximum atomic E-state index is 13.0. The summed E-state index contributed by atoms with van der Waals surface area (Å²) in [5.41, 5.74) is 8.42. The average Bonchev–Trinajstić information content (AvgIpc) is 3.20. The first kappa shape index (κ1) is 26.0. The molecule has 8 nitrogen and oxygen atoms in total. The van der Waals surface area contributed by atoms with E-state index in [1.165, 1.54) is 4.90 Å². The number of thiocarbonyl (C=S) groups is 1. The van der Waals surface area contributed by atoms with Crippen molar-refractivity contribution in [2.75, 3.05) is 6.54 Å². The van der Waals surface area contributed by atoms with Crippen molar-refractivity contribution >= 4 is 45.8 Å². The normalized spacial score (nSPS) is 13.2. The van der Waals surface area contributed by atoms with Gasteiger partial charge in [0.1, 0.15) is 5.69 Å². The maximum Gasteiger partial charge on any atom is 0.288 e. The van der Waals surface area contributed by atoms with Crippen LogP contribution < -0.4 is 16.2 Å². The van der Waals surface area contributed by atoms with Crippen LogP contribution in [0.3, 0.4) is 0 Å². The van der Waals surface area contributed by atoms with E-state index in [0.717, 1.165) is 28.3 Å². The van der Waals surface area contributed by atoms with Crippen LogP contribution in [0.1, 0.15) is 49.3 Å². The van der Waals surface area contributed by atoms with Gasteiger partial charge in [-0.3, -0.25) is 35.1 Å². The van der Waals surface area contributed by atoms with Crippen molar-refractivity contribution in [2.24, 2.45) is 0 Å². The number of aromatic nitrogens is 1. The van der Waals surface area contributed by atoms with Gasteiger partial charge in [-0.25, -0.2) is 0 Å². The number of aryl methyl sites for hydroxylation is 1. The number of pyridine rings is 1. The third-order valence-corrected chi connectivity index (χ3v) is 6.86. The van der Waals surface area contributed by atoms with Crippen LogP contribution in [0.4, 0.5) is 0 Å². The maximum absolute atomic E-state index is 13.0. The summed E-state index contributed by atoms with van der Waals surface area (Å²) in [6, 6.07) is 24.5. The fraction of sp³-hybridized carbons (Fsp3) is 0.167. The molecule has 1 atom stereocenters. The third kappa shape index (κ3) is 5.49. The van der Waals surface area contributed by atoms with Crippen molar-refractivity contribution in [1.29, 1.82) is 0 Å². The number of nitrogens with zero attached hydrogens (tertiary/aromatic N) is 2. The largest absolute Gasteiger partial charge is 0.356 e. The molecule has 0 spiro atoms. The number of hydrazine groups is 1. The number of amides is 3. The van der Waals surface area contributed by atoms with Crippen LogP contribution in [0.5, 0.6) is 0 Å². The van der Waals surface area contributed by atoms with Crippen molar-refractivity contribution in [1.82, 2.24) is 26.1 Å². The molecule has 0 bridgehead atoms. The highest BCUT2D eigenvalue weighted by molar-refractivity contribution is 7.80. The summed E-state index contributed by atoms with van der Waals surface area (Å²) < 4.78 is 0. The van der Waals surface area contributed by atoms with E-state index in [0.29, 0.717) is 17.5 Å². The molecule has 3 N–H and O–H groups in total. The molecule has 0 fully saturated rings. The number of imide groups is 1. The molecule has 195 valence electrons. The number of fused-ring (bicyclic) bond motifs is 2. The van der Waals surface area contributed by atoms with Crippen LogP contribution in [-0.4, -0.2) is 45.3 Å². The van der Waals surface area contributed by atoms with Gasteiger partial charge in [-0.15, -0.1) is 0 Å². The van der Waals surface area contributed by atoms with Crippen molar-refractivity contribution in [3.05, 3.63) is 113 Å². The molecule has 1 aromatic heterocycles. The first-order valence-corrected chi connectivity index (χ1v) is 13.0. The second-order valence-corrected chi connectivity index (χ2v) is 9.57. The van der Waals surface area contributed by atoms with Crippen molar-refractivity contribution in [3.63, 3.8) is 0 Å². The molecule has 0 saturated heterocycles.